The maximum absolute atomic E-state index is 9.61. The molecule has 2 heterocycles. The van der Waals surface area contributed by atoms with Crippen molar-refractivity contribution in [1.82, 2.24) is 15.0 Å². The van der Waals surface area contributed by atoms with Gasteiger partial charge in [-0.2, -0.15) is 0 Å². The molecule has 0 atom stereocenters. The molecule has 0 radical (unpaired) electrons. The number of hydrogen-bond donors (Lipinski definition) is 3. The summed E-state index contributed by atoms with van der Waals surface area (Å²) in [7, 11) is 0. The van der Waals surface area contributed by atoms with Crippen LogP contribution in [0.25, 0.3) is 11.3 Å². The van der Waals surface area contributed by atoms with Gasteiger partial charge < -0.3 is 15.7 Å². The molecule has 2 aromatic heterocycles. The Kier molecular flexibility index (Phi) is 5.63. The number of pyridine rings is 1. The van der Waals surface area contributed by atoms with Gasteiger partial charge in [0.05, 0.1) is 5.69 Å². The molecule has 3 N–H and O–H groups in total. The van der Waals surface area contributed by atoms with E-state index in [0.29, 0.717) is 5.95 Å². The summed E-state index contributed by atoms with van der Waals surface area (Å²) in [4.78, 5) is 13.5. The van der Waals surface area contributed by atoms with Crippen LogP contribution in [0.5, 0.6) is 5.75 Å². The summed E-state index contributed by atoms with van der Waals surface area (Å²) in [5.41, 5.74) is 3.47. The van der Waals surface area contributed by atoms with E-state index in [2.05, 4.69) is 32.5 Å². The fraction of sp³-hybridized carbons (Fsp3) is 0.250. The van der Waals surface area contributed by atoms with Crippen LogP contribution in [0.1, 0.15) is 25.3 Å². The highest BCUT2D eigenvalue weighted by Crippen LogP contribution is 2.28. The summed E-state index contributed by atoms with van der Waals surface area (Å²) in [5, 5.41) is 16.1. The van der Waals surface area contributed by atoms with Crippen LogP contribution in [0.2, 0.25) is 0 Å². The summed E-state index contributed by atoms with van der Waals surface area (Å²) in [6.45, 7) is 5.02. The number of rotatable bonds is 7. The lowest BCUT2D eigenvalue weighted by atomic mass is 10.1. The van der Waals surface area contributed by atoms with Gasteiger partial charge in [0.25, 0.3) is 0 Å². The molecule has 0 bridgehead atoms. The lowest BCUT2D eigenvalue weighted by Crippen LogP contribution is -2.06. The van der Waals surface area contributed by atoms with Crippen LogP contribution in [0, 0.1) is 6.92 Å². The predicted octanol–water partition coefficient (Wildman–Crippen LogP) is 4.51. The summed E-state index contributed by atoms with van der Waals surface area (Å²) in [6.07, 6.45) is 5.78. The van der Waals surface area contributed by atoms with Gasteiger partial charge >= 0.3 is 0 Å². The lowest BCUT2D eigenvalue weighted by Gasteiger charge is -2.13. The smallest absolute Gasteiger partial charge is 0.227 e. The van der Waals surface area contributed by atoms with Gasteiger partial charge in [-0.15, -0.1) is 0 Å². The van der Waals surface area contributed by atoms with Crippen LogP contribution >= 0.6 is 0 Å². The molecule has 0 aliphatic rings. The zero-order valence-corrected chi connectivity index (χ0v) is 15.0. The summed E-state index contributed by atoms with van der Waals surface area (Å²) >= 11 is 0. The average molecular weight is 349 g/mol. The second-order valence-corrected chi connectivity index (χ2v) is 6.08. The van der Waals surface area contributed by atoms with E-state index in [-0.39, 0.29) is 5.75 Å². The molecule has 0 spiro atoms. The number of anilines is 3. The molecule has 0 saturated heterocycles. The third-order valence-electron chi connectivity index (χ3n) is 3.96. The van der Waals surface area contributed by atoms with Crippen molar-refractivity contribution in [2.24, 2.45) is 0 Å². The Balaban J connectivity index is 1.91. The fourth-order valence-corrected chi connectivity index (χ4v) is 2.61. The van der Waals surface area contributed by atoms with E-state index in [1.54, 1.807) is 30.6 Å². The molecule has 0 amide bonds. The molecule has 26 heavy (non-hydrogen) atoms. The SMILES string of the molecule is CCCCNc1ncccc1-c1nc(Nc2cccc(O)c2)ncc1C. The number of aryl methyl sites for hydroxylation is 1. The fourth-order valence-electron chi connectivity index (χ4n) is 2.61. The molecule has 0 saturated carbocycles. The normalized spacial score (nSPS) is 10.5. The van der Waals surface area contributed by atoms with Crippen molar-refractivity contribution in [1.29, 1.82) is 0 Å². The van der Waals surface area contributed by atoms with Crippen LogP contribution in [0.3, 0.4) is 0 Å². The molecular weight excluding hydrogens is 326 g/mol. The van der Waals surface area contributed by atoms with Crippen LogP contribution < -0.4 is 10.6 Å². The monoisotopic (exact) mass is 349 g/mol. The molecule has 0 fully saturated rings. The van der Waals surface area contributed by atoms with Crippen LogP contribution in [0.15, 0.2) is 48.8 Å². The van der Waals surface area contributed by atoms with E-state index >= 15 is 0 Å². The Hall–Kier alpha value is -3.15. The molecule has 0 unspecified atom stereocenters. The second-order valence-electron chi connectivity index (χ2n) is 6.08. The quantitative estimate of drug-likeness (QED) is 0.544. The molecule has 0 aliphatic carbocycles. The minimum atomic E-state index is 0.192. The van der Waals surface area contributed by atoms with Crippen molar-refractivity contribution in [2.75, 3.05) is 17.2 Å². The zero-order valence-electron chi connectivity index (χ0n) is 15.0. The van der Waals surface area contributed by atoms with Crippen molar-refractivity contribution in [3.63, 3.8) is 0 Å². The number of phenolic OH excluding ortho intramolecular Hbond substituents is 1. The Morgan fingerprint density at radius 2 is 2.00 bits per heavy atom. The van der Waals surface area contributed by atoms with Gasteiger partial charge in [0.2, 0.25) is 5.95 Å². The number of aromatic nitrogens is 3. The van der Waals surface area contributed by atoms with E-state index in [0.717, 1.165) is 47.7 Å². The van der Waals surface area contributed by atoms with Crippen molar-refractivity contribution >= 4 is 17.5 Å². The summed E-state index contributed by atoms with van der Waals surface area (Å²) in [6, 6.07) is 10.8. The summed E-state index contributed by atoms with van der Waals surface area (Å²) < 4.78 is 0. The zero-order chi connectivity index (χ0) is 18.4. The summed E-state index contributed by atoms with van der Waals surface area (Å²) in [5.74, 6) is 1.49. The van der Waals surface area contributed by atoms with Gasteiger partial charge in [0, 0.05) is 36.3 Å². The highest BCUT2D eigenvalue weighted by Gasteiger charge is 2.12. The third-order valence-corrected chi connectivity index (χ3v) is 3.96. The minimum Gasteiger partial charge on any atom is -0.508 e. The molecule has 1 aromatic carbocycles. The van der Waals surface area contributed by atoms with Crippen molar-refractivity contribution in [2.45, 2.75) is 26.7 Å². The number of nitrogens with zero attached hydrogens (tertiary/aromatic N) is 3. The highest BCUT2D eigenvalue weighted by atomic mass is 16.3. The first-order valence-electron chi connectivity index (χ1n) is 8.76. The number of hydrogen-bond acceptors (Lipinski definition) is 6. The molecular formula is C20H23N5O. The van der Waals surface area contributed by atoms with Gasteiger partial charge in [-0.25, -0.2) is 15.0 Å². The Labute approximate surface area is 153 Å². The number of phenols is 1. The standard InChI is InChI=1S/C20H23N5O/c1-3-4-10-21-19-17(9-6-11-22-19)18-14(2)13-23-20(25-18)24-15-7-5-8-16(26)12-15/h5-9,11-13,26H,3-4,10H2,1-2H3,(H,21,22)(H,23,24,25). The van der Waals surface area contributed by atoms with E-state index in [1.807, 2.05) is 25.1 Å². The van der Waals surface area contributed by atoms with Crippen molar-refractivity contribution in [3.05, 3.63) is 54.4 Å². The average Bonchev–Trinajstić information content (AvgIpc) is 2.64. The highest BCUT2D eigenvalue weighted by molar-refractivity contribution is 5.75. The van der Waals surface area contributed by atoms with Crippen molar-refractivity contribution < 1.29 is 5.11 Å². The predicted molar refractivity (Wildman–Crippen MR) is 105 cm³/mol. The van der Waals surface area contributed by atoms with Crippen molar-refractivity contribution in [3.8, 4) is 17.0 Å². The Morgan fingerprint density at radius 1 is 1.12 bits per heavy atom. The second kappa shape index (κ2) is 8.29. The first-order valence-corrected chi connectivity index (χ1v) is 8.76. The van der Waals surface area contributed by atoms with Gasteiger partial charge in [-0.3, -0.25) is 0 Å². The largest absolute Gasteiger partial charge is 0.508 e. The third kappa shape index (κ3) is 4.27. The number of nitrogens with one attached hydrogen (secondary N) is 2. The van der Waals surface area contributed by atoms with E-state index in [9.17, 15) is 5.11 Å². The number of aromatic hydroxyl groups is 1. The minimum absolute atomic E-state index is 0.192. The van der Waals surface area contributed by atoms with E-state index in [1.165, 1.54) is 0 Å². The first kappa shape index (κ1) is 17.7. The number of benzene rings is 1. The van der Waals surface area contributed by atoms with E-state index < -0.39 is 0 Å². The Morgan fingerprint density at radius 3 is 2.81 bits per heavy atom. The molecule has 6 heteroatoms. The maximum Gasteiger partial charge on any atom is 0.227 e. The van der Waals surface area contributed by atoms with Gasteiger partial charge in [-0.1, -0.05) is 19.4 Å². The first-order chi connectivity index (χ1) is 12.7. The molecule has 134 valence electrons. The maximum atomic E-state index is 9.61. The van der Waals surface area contributed by atoms with Gasteiger partial charge in [-0.05, 0) is 43.2 Å². The van der Waals surface area contributed by atoms with Crippen LogP contribution in [0.4, 0.5) is 17.5 Å². The topological polar surface area (TPSA) is 83.0 Å². The number of unbranched alkanes of at least 4 members (excludes halogenated alkanes) is 1. The molecule has 3 aromatic rings. The van der Waals surface area contributed by atoms with Gasteiger partial charge in [0.1, 0.15) is 11.6 Å². The molecule has 0 aliphatic heterocycles. The van der Waals surface area contributed by atoms with E-state index in [4.69, 9.17) is 0 Å². The Bertz CT molecular complexity index is 882. The molecule has 6 nitrogen and oxygen atoms in total. The van der Waals surface area contributed by atoms with Gasteiger partial charge in [0.15, 0.2) is 0 Å². The van der Waals surface area contributed by atoms with Crippen LogP contribution in [-0.2, 0) is 0 Å². The molecule has 3 rings (SSSR count). The lowest BCUT2D eigenvalue weighted by molar-refractivity contribution is 0.475. The van der Waals surface area contributed by atoms with Crippen LogP contribution in [-0.4, -0.2) is 26.6 Å².